The second-order valence-corrected chi connectivity index (χ2v) is 16.2. The summed E-state index contributed by atoms with van der Waals surface area (Å²) in [5, 5.41) is 4.79. The van der Waals surface area contributed by atoms with Crippen molar-refractivity contribution in [3.63, 3.8) is 0 Å². The first-order chi connectivity index (χ1) is 25.8. The second kappa shape index (κ2) is 9.67. The molecule has 4 unspecified atom stereocenters. The highest BCUT2D eigenvalue weighted by Gasteiger charge is 2.62. The molecule has 254 valence electrons. The maximum atomic E-state index is 6.60. The maximum absolute atomic E-state index is 6.60. The van der Waals surface area contributed by atoms with Crippen LogP contribution in [0.15, 0.2) is 167 Å². The van der Waals surface area contributed by atoms with E-state index in [-0.39, 0.29) is 22.3 Å². The number of hydrogen-bond acceptors (Lipinski definition) is 2. The monoisotopic (exact) mass is 682 g/mol. The molecule has 0 spiro atoms. The minimum absolute atomic E-state index is 0.238. The Labute approximate surface area is 308 Å². The third-order valence-electron chi connectivity index (χ3n) is 13.4. The molecular weight excluding hydrogens is 645 g/mol. The summed E-state index contributed by atoms with van der Waals surface area (Å²) in [4.78, 5) is 2.65. The van der Waals surface area contributed by atoms with Crippen molar-refractivity contribution < 1.29 is 4.42 Å². The van der Waals surface area contributed by atoms with Crippen LogP contribution in [0.4, 0.5) is 11.4 Å². The summed E-state index contributed by atoms with van der Waals surface area (Å²) in [7, 11) is 0. The van der Waals surface area contributed by atoms with Gasteiger partial charge in [0, 0.05) is 49.3 Å². The lowest BCUT2D eigenvalue weighted by atomic mass is 9.51. The summed E-state index contributed by atoms with van der Waals surface area (Å²) in [5.41, 5.74) is 15.5. The fourth-order valence-electron chi connectivity index (χ4n) is 11.3. The standard InChI is InChI=1S/C50H38N2O/c1-30-26-27-48(2)37-18-8-11-21-42(37)52-41-20-10-6-16-35(41)38-29-49(3,45(30)47(48)50(38,52)4)31-24-25-40-36(28-31)32-14-5-9-19-39(32)51(40)43-22-13-17-34-33-15-7-12-23-44(33)53-46(34)43/h5-30H,1-4H3. The molecule has 0 bridgehead atoms. The zero-order valence-corrected chi connectivity index (χ0v) is 30.3. The van der Waals surface area contributed by atoms with Gasteiger partial charge < -0.3 is 13.9 Å². The Bertz CT molecular complexity index is 3040. The molecule has 0 fully saturated rings. The number of rotatable bonds is 2. The van der Waals surface area contributed by atoms with E-state index in [2.05, 4.69) is 183 Å². The number of aromatic nitrogens is 1. The van der Waals surface area contributed by atoms with Crippen LogP contribution in [0, 0.1) is 5.92 Å². The second-order valence-electron chi connectivity index (χ2n) is 16.2. The molecule has 53 heavy (non-hydrogen) atoms. The molecule has 0 saturated carbocycles. The van der Waals surface area contributed by atoms with E-state index in [0.717, 1.165) is 27.6 Å². The highest BCUT2D eigenvalue weighted by Crippen LogP contribution is 2.69. The predicted octanol–water partition coefficient (Wildman–Crippen LogP) is 12.7. The van der Waals surface area contributed by atoms with Gasteiger partial charge in [-0.1, -0.05) is 116 Å². The highest BCUT2D eigenvalue weighted by atomic mass is 16.3. The van der Waals surface area contributed by atoms with Crippen molar-refractivity contribution in [1.82, 2.24) is 4.57 Å². The summed E-state index contributed by atoms with van der Waals surface area (Å²) in [5.74, 6) is 0.274. The summed E-state index contributed by atoms with van der Waals surface area (Å²) < 4.78 is 9.01. The van der Waals surface area contributed by atoms with Gasteiger partial charge in [0.15, 0.2) is 5.58 Å². The van der Waals surface area contributed by atoms with E-state index in [9.17, 15) is 0 Å². The number of hydrogen-bond donors (Lipinski definition) is 0. The first kappa shape index (κ1) is 29.5. The van der Waals surface area contributed by atoms with E-state index >= 15 is 0 Å². The van der Waals surface area contributed by atoms with Crippen molar-refractivity contribution >= 4 is 60.7 Å². The molecule has 3 heteroatoms. The van der Waals surface area contributed by atoms with Crippen molar-refractivity contribution in [3.8, 4) is 5.69 Å². The van der Waals surface area contributed by atoms with Gasteiger partial charge in [-0.25, -0.2) is 0 Å². The lowest BCUT2D eigenvalue weighted by molar-refractivity contribution is 0.457. The third-order valence-corrected chi connectivity index (χ3v) is 13.4. The molecule has 2 aliphatic carbocycles. The molecular formula is C50H38N2O. The molecule has 4 aliphatic rings. The number of benzene rings is 6. The fourth-order valence-corrected chi connectivity index (χ4v) is 11.3. The SMILES string of the molecule is CC1C=CC2(C)C3=C1C(C)(c1ccc4c(c1)c1ccccc1n4-c1cccc4c1oc1ccccc14)C=C1c4ccccc4N(c4ccccc42)C13C. The number of nitrogens with zero attached hydrogens (tertiary/aromatic N) is 2. The number of furan rings is 1. The highest BCUT2D eigenvalue weighted by molar-refractivity contribution is 6.13. The van der Waals surface area contributed by atoms with Crippen LogP contribution in [-0.2, 0) is 10.8 Å². The number of para-hydroxylation sites is 5. The lowest BCUT2D eigenvalue weighted by Crippen LogP contribution is -2.57. The van der Waals surface area contributed by atoms with Crippen LogP contribution >= 0.6 is 0 Å². The van der Waals surface area contributed by atoms with Crippen LogP contribution in [0.1, 0.15) is 44.4 Å². The summed E-state index contributed by atoms with van der Waals surface area (Å²) in [6.07, 6.45) is 7.64. The zero-order valence-electron chi connectivity index (χ0n) is 30.3. The third kappa shape index (κ3) is 3.38. The van der Waals surface area contributed by atoms with Gasteiger partial charge in [0.25, 0.3) is 0 Å². The van der Waals surface area contributed by atoms with E-state index in [0.29, 0.717) is 0 Å². The molecule has 2 aromatic heterocycles. The average molecular weight is 683 g/mol. The topological polar surface area (TPSA) is 21.3 Å². The van der Waals surface area contributed by atoms with Gasteiger partial charge in [0.1, 0.15) is 5.58 Å². The predicted molar refractivity (Wildman–Crippen MR) is 219 cm³/mol. The smallest absolute Gasteiger partial charge is 0.159 e. The Kier molecular flexibility index (Phi) is 5.39. The molecule has 4 heterocycles. The van der Waals surface area contributed by atoms with E-state index in [1.165, 1.54) is 66.6 Å². The van der Waals surface area contributed by atoms with E-state index in [4.69, 9.17) is 4.42 Å². The molecule has 2 aliphatic heterocycles. The summed E-state index contributed by atoms with van der Waals surface area (Å²) in [6.45, 7) is 9.85. The van der Waals surface area contributed by atoms with Gasteiger partial charge >= 0.3 is 0 Å². The molecule has 0 amide bonds. The van der Waals surface area contributed by atoms with Crippen molar-refractivity contribution in [3.05, 3.63) is 180 Å². The van der Waals surface area contributed by atoms with Crippen LogP contribution in [0.2, 0.25) is 0 Å². The quantitative estimate of drug-likeness (QED) is 0.169. The maximum Gasteiger partial charge on any atom is 0.159 e. The van der Waals surface area contributed by atoms with Gasteiger partial charge in [-0.2, -0.15) is 0 Å². The number of allylic oxidation sites excluding steroid dienone is 4. The fraction of sp³-hybridized carbons (Fsp3) is 0.160. The van der Waals surface area contributed by atoms with Gasteiger partial charge in [-0.3, -0.25) is 0 Å². The van der Waals surface area contributed by atoms with E-state index in [1.807, 2.05) is 6.07 Å². The average Bonchev–Trinajstić information content (AvgIpc) is 3.81. The molecule has 3 nitrogen and oxygen atoms in total. The normalized spacial score (nSPS) is 25.3. The largest absolute Gasteiger partial charge is 0.454 e. The molecule has 8 aromatic rings. The van der Waals surface area contributed by atoms with E-state index < -0.39 is 0 Å². The Balaban J connectivity index is 1.15. The van der Waals surface area contributed by atoms with Gasteiger partial charge in [-0.05, 0) is 97.0 Å². The van der Waals surface area contributed by atoms with Crippen LogP contribution in [0.3, 0.4) is 0 Å². The molecule has 12 rings (SSSR count). The van der Waals surface area contributed by atoms with E-state index in [1.54, 1.807) is 0 Å². The zero-order chi connectivity index (χ0) is 35.4. The van der Waals surface area contributed by atoms with Crippen LogP contribution in [-0.4, -0.2) is 10.1 Å². The lowest BCUT2D eigenvalue weighted by Gasteiger charge is -2.59. The molecule has 0 N–H and O–H groups in total. The Morgan fingerprint density at radius 2 is 1.30 bits per heavy atom. The summed E-state index contributed by atoms with van der Waals surface area (Å²) in [6, 6.07) is 49.2. The van der Waals surface area contributed by atoms with Crippen molar-refractivity contribution in [2.45, 2.75) is 44.1 Å². The van der Waals surface area contributed by atoms with Crippen LogP contribution in [0.25, 0.3) is 55.0 Å². The summed E-state index contributed by atoms with van der Waals surface area (Å²) >= 11 is 0. The molecule has 4 atom stereocenters. The van der Waals surface area contributed by atoms with Crippen molar-refractivity contribution in [2.75, 3.05) is 4.90 Å². The molecule has 0 saturated heterocycles. The number of anilines is 2. The first-order valence-electron chi connectivity index (χ1n) is 18.9. The molecule has 6 aromatic carbocycles. The first-order valence-corrected chi connectivity index (χ1v) is 18.9. The van der Waals surface area contributed by atoms with Crippen LogP contribution in [0.5, 0.6) is 0 Å². The Morgan fingerprint density at radius 1 is 0.604 bits per heavy atom. The van der Waals surface area contributed by atoms with Crippen molar-refractivity contribution in [1.29, 1.82) is 0 Å². The van der Waals surface area contributed by atoms with Gasteiger partial charge in [0.2, 0.25) is 0 Å². The Hall–Kier alpha value is -6.06. The van der Waals surface area contributed by atoms with Gasteiger partial charge in [-0.15, -0.1) is 0 Å². The minimum atomic E-state index is -0.346. The number of fused-ring (bicyclic) bond motifs is 12. The Morgan fingerprint density at radius 3 is 2.19 bits per heavy atom. The van der Waals surface area contributed by atoms with Gasteiger partial charge in [0.05, 0.1) is 22.3 Å². The minimum Gasteiger partial charge on any atom is -0.454 e. The molecule has 0 radical (unpaired) electrons. The van der Waals surface area contributed by atoms with Crippen molar-refractivity contribution in [2.24, 2.45) is 5.92 Å². The van der Waals surface area contributed by atoms with Crippen LogP contribution < -0.4 is 4.90 Å².